The Morgan fingerprint density at radius 2 is 2.06 bits per heavy atom. The van der Waals surface area contributed by atoms with Crippen LogP contribution >= 0.6 is 11.3 Å². The van der Waals surface area contributed by atoms with E-state index in [1.165, 1.54) is 54.8 Å². The van der Waals surface area contributed by atoms with Crippen molar-refractivity contribution in [3.8, 4) is 0 Å². The molecular formula is C22H20FN3O4S. The van der Waals surface area contributed by atoms with Gasteiger partial charge in [0, 0.05) is 17.6 Å². The summed E-state index contributed by atoms with van der Waals surface area (Å²) in [6.45, 7) is 1.54. The molecule has 2 aromatic rings. The van der Waals surface area contributed by atoms with E-state index in [9.17, 15) is 23.9 Å². The molecule has 2 atom stereocenters. The van der Waals surface area contributed by atoms with Crippen LogP contribution < -0.4 is 10.6 Å². The lowest BCUT2D eigenvalue weighted by Gasteiger charge is -2.38. The number of carbonyl (C=O) groups is 3. The molecule has 9 heteroatoms. The molecule has 2 unspecified atom stereocenters. The number of hydrogen-bond donors (Lipinski definition) is 3. The molecule has 1 heterocycles. The van der Waals surface area contributed by atoms with Crippen LogP contribution in [-0.2, 0) is 19.8 Å². The molecule has 0 saturated heterocycles. The Kier molecular flexibility index (Phi) is 5.45. The van der Waals surface area contributed by atoms with E-state index in [0.717, 1.165) is 12.8 Å². The molecule has 1 fully saturated rings. The van der Waals surface area contributed by atoms with Crippen molar-refractivity contribution in [1.29, 1.82) is 0 Å². The van der Waals surface area contributed by atoms with Gasteiger partial charge in [0.1, 0.15) is 11.2 Å². The van der Waals surface area contributed by atoms with Gasteiger partial charge in [0.05, 0.1) is 11.5 Å². The van der Waals surface area contributed by atoms with Crippen molar-refractivity contribution >= 4 is 34.3 Å². The summed E-state index contributed by atoms with van der Waals surface area (Å²) < 4.78 is 14.5. The number of carbonyl (C=O) groups excluding carboxylic acids is 2. The summed E-state index contributed by atoms with van der Waals surface area (Å²) in [4.78, 5) is 42.6. The maximum absolute atomic E-state index is 14.5. The number of nitrogens with one attached hydrogen (secondary N) is 2. The van der Waals surface area contributed by atoms with Gasteiger partial charge in [0.2, 0.25) is 11.8 Å². The molecule has 2 aliphatic rings. The number of aromatic nitrogens is 1. The van der Waals surface area contributed by atoms with Crippen molar-refractivity contribution in [3.05, 3.63) is 70.5 Å². The van der Waals surface area contributed by atoms with Crippen molar-refractivity contribution in [2.24, 2.45) is 5.92 Å². The second-order valence-electron chi connectivity index (χ2n) is 7.59. The molecule has 0 bridgehead atoms. The van der Waals surface area contributed by atoms with E-state index in [-0.39, 0.29) is 17.2 Å². The lowest BCUT2D eigenvalue weighted by Crippen LogP contribution is -2.53. The Bertz CT molecular complexity index is 1110. The molecule has 1 saturated carbocycles. The number of benzene rings is 1. The molecule has 1 aromatic carbocycles. The Morgan fingerprint density at radius 1 is 1.29 bits per heavy atom. The largest absolute Gasteiger partial charge is 0.478 e. The van der Waals surface area contributed by atoms with Gasteiger partial charge in [-0.15, -0.1) is 11.3 Å². The average molecular weight is 441 g/mol. The number of nitrogens with zero attached hydrogens (tertiary/aromatic N) is 1. The molecule has 2 aliphatic carbocycles. The highest BCUT2D eigenvalue weighted by Crippen LogP contribution is 2.42. The minimum atomic E-state index is -1.62. The summed E-state index contributed by atoms with van der Waals surface area (Å²) in [5, 5.41) is 17.1. The molecule has 160 valence electrons. The summed E-state index contributed by atoms with van der Waals surface area (Å²) in [5.74, 6) is -4.05. The number of rotatable bonds is 6. The number of anilines is 1. The van der Waals surface area contributed by atoms with Gasteiger partial charge in [-0.1, -0.05) is 30.4 Å². The minimum absolute atomic E-state index is 0.0147. The van der Waals surface area contributed by atoms with Gasteiger partial charge >= 0.3 is 5.97 Å². The predicted octanol–water partition coefficient (Wildman–Crippen LogP) is 2.94. The van der Waals surface area contributed by atoms with Gasteiger partial charge in [-0.05, 0) is 37.0 Å². The van der Waals surface area contributed by atoms with Crippen molar-refractivity contribution in [2.45, 2.75) is 31.2 Å². The van der Waals surface area contributed by atoms with Crippen LogP contribution in [0.2, 0.25) is 0 Å². The highest BCUT2D eigenvalue weighted by Gasteiger charge is 2.51. The normalized spacial score (nSPS) is 22.5. The number of carboxylic acid groups (broad SMARTS) is 1. The molecular weight excluding hydrogens is 421 g/mol. The Morgan fingerprint density at radius 3 is 2.71 bits per heavy atom. The molecule has 7 nitrogen and oxygen atoms in total. The van der Waals surface area contributed by atoms with Crippen LogP contribution in [0, 0.1) is 18.7 Å². The first-order valence-electron chi connectivity index (χ1n) is 9.74. The molecule has 0 radical (unpaired) electrons. The van der Waals surface area contributed by atoms with Crippen LogP contribution in [0.25, 0.3) is 0 Å². The van der Waals surface area contributed by atoms with Crippen LogP contribution in [-0.4, -0.2) is 33.9 Å². The number of halogens is 1. The van der Waals surface area contributed by atoms with Gasteiger partial charge in [-0.3, -0.25) is 9.59 Å². The van der Waals surface area contributed by atoms with E-state index in [0.29, 0.717) is 10.7 Å². The SMILES string of the molecule is Cc1c(F)cccc1C1(C(=O)NC2CC2)C=CC(C(=O)O)=CC1C(=O)Nc1nccs1. The zero-order valence-electron chi connectivity index (χ0n) is 16.6. The highest BCUT2D eigenvalue weighted by molar-refractivity contribution is 7.13. The molecule has 0 aliphatic heterocycles. The number of carboxylic acids is 1. The van der Waals surface area contributed by atoms with Gasteiger partial charge in [0.25, 0.3) is 0 Å². The van der Waals surface area contributed by atoms with Crippen LogP contribution in [0.4, 0.5) is 9.52 Å². The number of aliphatic carboxylic acids is 1. The zero-order chi connectivity index (χ0) is 22.2. The smallest absolute Gasteiger partial charge is 0.335 e. The van der Waals surface area contributed by atoms with Crippen LogP contribution in [0.15, 0.2) is 53.6 Å². The fraction of sp³-hybridized carbons (Fsp3) is 0.273. The molecule has 2 amide bonds. The van der Waals surface area contributed by atoms with Crippen LogP contribution in [0.3, 0.4) is 0 Å². The van der Waals surface area contributed by atoms with Gasteiger partial charge in [-0.2, -0.15) is 0 Å². The Hall–Kier alpha value is -3.33. The predicted molar refractivity (Wildman–Crippen MR) is 113 cm³/mol. The van der Waals surface area contributed by atoms with Gasteiger partial charge in [0.15, 0.2) is 5.13 Å². The quantitative estimate of drug-likeness (QED) is 0.639. The highest BCUT2D eigenvalue weighted by atomic mass is 32.1. The lowest BCUT2D eigenvalue weighted by atomic mass is 9.64. The van der Waals surface area contributed by atoms with E-state index in [1.807, 2.05) is 0 Å². The number of amides is 2. The molecule has 3 N–H and O–H groups in total. The molecule has 4 rings (SSSR count). The van der Waals surface area contributed by atoms with Crippen molar-refractivity contribution < 1.29 is 23.9 Å². The fourth-order valence-corrected chi connectivity index (χ4v) is 4.30. The first kappa shape index (κ1) is 20.9. The summed E-state index contributed by atoms with van der Waals surface area (Å²) in [6, 6.07) is 4.34. The van der Waals surface area contributed by atoms with E-state index in [2.05, 4.69) is 15.6 Å². The Labute approximate surface area is 181 Å². The lowest BCUT2D eigenvalue weighted by molar-refractivity contribution is -0.133. The summed E-state index contributed by atoms with van der Waals surface area (Å²) in [7, 11) is 0. The van der Waals surface area contributed by atoms with Crippen LogP contribution in [0.5, 0.6) is 0 Å². The van der Waals surface area contributed by atoms with E-state index in [1.54, 1.807) is 11.4 Å². The fourth-order valence-electron chi connectivity index (χ4n) is 3.77. The topological polar surface area (TPSA) is 108 Å². The Balaban J connectivity index is 1.88. The number of hydrogen-bond acceptors (Lipinski definition) is 5. The van der Waals surface area contributed by atoms with E-state index in [4.69, 9.17) is 0 Å². The second kappa shape index (κ2) is 8.07. The van der Waals surface area contributed by atoms with Crippen molar-refractivity contribution in [3.63, 3.8) is 0 Å². The van der Waals surface area contributed by atoms with Crippen LogP contribution in [0.1, 0.15) is 24.0 Å². The molecule has 0 spiro atoms. The summed E-state index contributed by atoms with van der Waals surface area (Å²) in [5.41, 5.74) is -1.21. The molecule has 1 aromatic heterocycles. The monoisotopic (exact) mass is 441 g/mol. The number of thiazole rings is 1. The summed E-state index contributed by atoms with van der Waals surface area (Å²) >= 11 is 1.19. The average Bonchev–Trinajstić information content (AvgIpc) is 3.41. The third-order valence-electron chi connectivity index (χ3n) is 5.56. The standard InChI is InChI=1S/C22H20FN3O4S/c1-12-15(3-2-4-17(12)23)22(20(30)25-14-5-6-14)8-7-13(19(28)29)11-16(22)18(27)26-21-24-9-10-31-21/h2-4,7-11,14,16H,5-6H2,1H3,(H,25,30)(H,28,29)(H,24,26,27). The zero-order valence-corrected chi connectivity index (χ0v) is 17.4. The van der Waals surface area contributed by atoms with E-state index >= 15 is 0 Å². The molecule has 31 heavy (non-hydrogen) atoms. The summed E-state index contributed by atoms with van der Waals surface area (Å²) in [6.07, 6.45) is 7.11. The third kappa shape index (κ3) is 3.88. The van der Waals surface area contributed by atoms with E-state index < -0.39 is 34.9 Å². The van der Waals surface area contributed by atoms with Crippen molar-refractivity contribution in [2.75, 3.05) is 5.32 Å². The van der Waals surface area contributed by atoms with Gasteiger partial charge < -0.3 is 15.7 Å². The van der Waals surface area contributed by atoms with Gasteiger partial charge in [-0.25, -0.2) is 14.2 Å². The minimum Gasteiger partial charge on any atom is -0.478 e. The second-order valence-corrected chi connectivity index (χ2v) is 8.49. The first-order valence-corrected chi connectivity index (χ1v) is 10.6. The maximum atomic E-state index is 14.5. The third-order valence-corrected chi connectivity index (χ3v) is 6.24. The first-order chi connectivity index (χ1) is 14.8. The maximum Gasteiger partial charge on any atom is 0.335 e. The van der Waals surface area contributed by atoms with Crippen molar-refractivity contribution in [1.82, 2.24) is 10.3 Å².